The normalized spacial score (nSPS) is 17.8. The SMILES string of the molecule is CC(=O)c1ccc(OC2CCN(C)Cc3occc32)c(Br)c1.Cl. The Labute approximate surface area is 150 Å². The van der Waals surface area contributed by atoms with Crippen LogP contribution in [0.25, 0.3) is 0 Å². The van der Waals surface area contributed by atoms with Crippen LogP contribution in [-0.2, 0) is 6.54 Å². The number of ether oxygens (including phenoxy) is 1. The van der Waals surface area contributed by atoms with Crippen LogP contribution in [0.5, 0.6) is 5.75 Å². The standard InChI is InChI=1S/C17H18BrNO3.ClH/c1-11(20)12-3-4-16(14(18)9-12)22-15-5-7-19(2)10-17-13(15)6-8-21-17;/h3-4,6,8-9,15H,5,7,10H2,1-2H3;1H. The highest BCUT2D eigenvalue weighted by atomic mass is 79.9. The minimum Gasteiger partial charge on any atom is -0.484 e. The Balaban J connectivity index is 0.00000192. The van der Waals surface area contributed by atoms with Crippen LogP contribution in [0, 0.1) is 0 Å². The smallest absolute Gasteiger partial charge is 0.159 e. The summed E-state index contributed by atoms with van der Waals surface area (Å²) < 4.78 is 12.6. The largest absolute Gasteiger partial charge is 0.484 e. The molecule has 23 heavy (non-hydrogen) atoms. The summed E-state index contributed by atoms with van der Waals surface area (Å²) >= 11 is 3.49. The molecule has 0 aliphatic carbocycles. The van der Waals surface area contributed by atoms with Crippen LogP contribution in [0.1, 0.15) is 41.1 Å². The van der Waals surface area contributed by atoms with Gasteiger partial charge in [0.2, 0.25) is 0 Å². The fourth-order valence-electron chi connectivity index (χ4n) is 2.67. The van der Waals surface area contributed by atoms with Crippen LogP contribution in [0.2, 0.25) is 0 Å². The maximum atomic E-state index is 11.4. The summed E-state index contributed by atoms with van der Waals surface area (Å²) in [7, 11) is 2.08. The summed E-state index contributed by atoms with van der Waals surface area (Å²) in [4.78, 5) is 13.7. The van der Waals surface area contributed by atoms with Crippen molar-refractivity contribution in [1.82, 2.24) is 4.90 Å². The van der Waals surface area contributed by atoms with Gasteiger partial charge in [0.15, 0.2) is 5.78 Å². The lowest BCUT2D eigenvalue weighted by atomic mass is 10.1. The second kappa shape index (κ2) is 7.51. The Morgan fingerprint density at radius 1 is 1.39 bits per heavy atom. The average molecular weight is 401 g/mol. The second-order valence-electron chi connectivity index (χ2n) is 5.63. The van der Waals surface area contributed by atoms with Gasteiger partial charge in [-0.3, -0.25) is 9.69 Å². The number of rotatable bonds is 3. The zero-order valence-electron chi connectivity index (χ0n) is 13.0. The molecule has 124 valence electrons. The van der Waals surface area contributed by atoms with Gasteiger partial charge in [-0.25, -0.2) is 0 Å². The number of nitrogens with zero attached hydrogens (tertiary/aromatic N) is 1. The van der Waals surface area contributed by atoms with Crippen molar-refractivity contribution in [2.45, 2.75) is 26.0 Å². The molecule has 2 aromatic rings. The highest BCUT2D eigenvalue weighted by Crippen LogP contribution is 2.35. The van der Waals surface area contributed by atoms with E-state index in [1.165, 1.54) is 0 Å². The fraction of sp³-hybridized carbons (Fsp3) is 0.353. The number of fused-ring (bicyclic) bond motifs is 1. The molecule has 1 aliphatic heterocycles. The van der Waals surface area contributed by atoms with Crippen LogP contribution in [0.3, 0.4) is 0 Å². The van der Waals surface area contributed by atoms with Crippen molar-refractivity contribution in [2.24, 2.45) is 0 Å². The Kier molecular flexibility index (Phi) is 5.89. The van der Waals surface area contributed by atoms with Gasteiger partial charge in [0.25, 0.3) is 0 Å². The van der Waals surface area contributed by atoms with Crippen molar-refractivity contribution in [1.29, 1.82) is 0 Å². The first kappa shape index (κ1) is 18.0. The molecule has 1 unspecified atom stereocenters. The number of furan rings is 1. The highest BCUT2D eigenvalue weighted by Gasteiger charge is 2.25. The molecule has 2 heterocycles. The molecule has 1 aromatic heterocycles. The summed E-state index contributed by atoms with van der Waals surface area (Å²) in [6.07, 6.45) is 2.57. The lowest BCUT2D eigenvalue weighted by Crippen LogP contribution is -2.18. The Hall–Kier alpha value is -1.30. The van der Waals surface area contributed by atoms with Gasteiger partial charge < -0.3 is 9.15 Å². The van der Waals surface area contributed by atoms with Gasteiger partial charge in [0, 0.05) is 24.1 Å². The van der Waals surface area contributed by atoms with E-state index in [1.54, 1.807) is 25.3 Å². The topological polar surface area (TPSA) is 42.7 Å². The predicted octanol–water partition coefficient (Wildman–Crippen LogP) is 4.62. The quantitative estimate of drug-likeness (QED) is 0.705. The molecule has 0 saturated heterocycles. The second-order valence-corrected chi connectivity index (χ2v) is 6.49. The summed E-state index contributed by atoms with van der Waals surface area (Å²) in [5.41, 5.74) is 1.77. The maximum Gasteiger partial charge on any atom is 0.159 e. The number of hydrogen-bond acceptors (Lipinski definition) is 4. The van der Waals surface area contributed by atoms with Crippen molar-refractivity contribution < 1.29 is 13.9 Å². The summed E-state index contributed by atoms with van der Waals surface area (Å²) in [6.45, 7) is 3.30. The first-order valence-corrected chi connectivity index (χ1v) is 8.06. The van der Waals surface area contributed by atoms with E-state index in [1.807, 2.05) is 12.1 Å². The van der Waals surface area contributed by atoms with Gasteiger partial charge in [0.1, 0.15) is 17.6 Å². The van der Waals surface area contributed by atoms with E-state index >= 15 is 0 Å². The molecular weight excluding hydrogens is 382 g/mol. The van der Waals surface area contributed by atoms with E-state index < -0.39 is 0 Å². The maximum absolute atomic E-state index is 11.4. The fourth-order valence-corrected chi connectivity index (χ4v) is 3.15. The number of carbonyl (C=O) groups is 1. The lowest BCUT2D eigenvalue weighted by Gasteiger charge is -2.19. The van der Waals surface area contributed by atoms with E-state index in [4.69, 9.17) is 9.15 Å². The van der Waals surface area contributed by atoms with Gasteiger partial charge in [-0.15, -0.1) is 12.4 Å². The highest BCUT2D eigenvalue weighted by molar-refractivity contribution is 9.10. The summed E-state index contributed by atoms with van der Waals surface area (Å²) in [5, 5.41) is 0. The van der Waals surface area contributed by atoms with Crippen molar-refractivity contribution in [3.63, 3.8) is 0 Å². The van der Waals surface area contributed by atoms with Crippen molar-refractivity contribution >= 4 is 34.1 Å². The van der Waals surface area contributed by atoms with E-state index in [2.05, 4.69) is 27.9 Å². The third kappa shape index (κ3) is 3.97. The molecular formula is C17H19BrClNO3. The molecule has 4 nitrogen and oxygen atoms in total. The van der Waals surface area contributed by atoms with Gasteiger partial charge in [-0.1, -0.05) is 0 Å². The van der Waals surface area contributed by atoms with Crippen LogP contribution in [-0.4, -0.2) is 24.3 Å². The van der Waals surface area contributed by atoms with Crippen molar-refractivity contribution in [3.05, 3.63) is 51.9 Å². The molecule has 6 heteroatoms. The van der Waals surface area contributed by atoms with Crippen molar-refractivity contribution in [2.75, 3.05) is 13.6 Å². The number of benzene rings is 1. The Bertz CT molecular complexity index is 701. The molecule has 1 atom stereocenters. The number of halogens is 2. The number of carbonyl (C=O) groups excluding carboxylic acids is 1. The Morgan fingerprint density at radius 2 is 2.17 bits per heavy atom. The zero-order chi connectivity index (χ0) is 15.7. The summed E-state index contributed by atoms with van der Waals surface area (Å²) in [6, 6.07) is 7.42. The van der Waals surface area contributed by atoms with E-state index in [9.17, 15) is 4.79 Å². The zero-order valence-corrected chi connectivity index (χ0v) is 15.4. The minimum absolute atomic E-state index is 0. The summed E-state index contributed by atoms with van der Waals surface area (Å²) in [5.74, 6) is 1.74. The van der Waals surface area contributed by atoms with E-state index in [0.29, 0.717) is 5.56 Å². The average Bonchev–Trinajstić information content (AvgIpc) is 2.87. The minimum atomic E-state index is -0.0434. The lowest BCUT2D eigenvalue weighted by molar-refractivity contribution is 0.101. The van der Waals surface area contributed by atoms with E-state index in [0.717, 1.165) is 41.1 Å². The molecule has 0 radical (unpaired) electrons. The van der Waals surface area contributed by atoms with Crippen molar-refractivity contribution in [3.8, 4) is 5.75 Å². The first-order chi connectivity index (χ1) is 10.5. The van der Waals surface area contributed by atoms with Crippen LogP contribution in [0.4, 0.5) is 0 Å². The van der Waals surface area contributed by atoms with Crippen LogP contribution in [0.15, 0.2) is 39.4 Å². The molecule has 3 rings (SSSR count). The van der Waals surface area contributed by atoms with Gasteiger partial charge in [0.05, 0.1) is 17.3 Å². The molecule has 0 spiro atoms. The number of Topliss-reactive ketones (excluding diaryl/α,β-unsaturated/α-hetero) is 1. The van der Waals surface area contributed by atoms with Gasteiger partial charge in [-0.05, 0) is 54.2 Å². The molecule has 0 N–H and O–H groups in total. The first-order valence-electron chi connectivity index (χ1n) is 7.26. The molecule has 0 saturated carbocycles. The number of ketones is 1. The molecule has 0 bridgehead atoms. The Morgan fingerprint density at radius 3 is 2.87 bits per heavy atom. The molecule has 0 amide bonds. The third-order valence-electron chi connectivity index (χ3n) is 3.92. The van der Waals surface area contributed by atoms with Crippen LogP contribution >= 0.6 is 28.3 Å². The monoisotopic (exact) mass is 399 g/mol. The van der Waals surface area contributed by atoms with E-state index in [-0.39, 0.29) is 24.3 Å². The predicted molar refractivity (Wildman–Crippen MR) is 94.4 cm³/mol. The molecule has 1 aliphatic rings. The van der Waals surface area contributed by atoms with Gasteiger partial charge >= 0.3 is 0 Å². The van der Waals surface area contributed by atoms with Gasteiger partial charge in [-0.2, -0.15) is 0 Å². The molecule has 1 aromatic carbocycles. The third-order valence-corrected chi connectivity index (χ3v) is 4.54. The molecule has 0 fully saturated rings. The van der Waals surface area contributed by atoms with Crippen LogP contribution < -0.4 is 4.74 Å². The number of hydrogen-bond donors (Lipinski definition) is 0.